The molecule has 7 heteroatoms. The fraction of sp³-hybridized carbons (Fsp3) is 0.250. The molecule has 0 fully saturated rings. The van der Waals surface area contributed by atoms with Crippen LogP contribution in [0, 0.1) is 0 Å². The van der Waals surface area contributed by atoms with E-state index in [0.29, 0.717) is 12.0 Å². The average Bonchev–Trinajstić information content (AvgIpc) is 2.29. The number of ether oxygens (including phenoxy) is 1. The van der Waals surface area contributed by atoms with E-state index in [1.807, 2.05) is 0 Å². The van der Waals surface area contributed by atoms with Gasteiger partial charge >= 0.3 is 13.8 Å². The third-order valence-corrected chi connectivity index (χ3v) is 2.57. The number of esters is 1. The highest BCUT2D eigenvalue weighted by molar-refractivity contribution is 7.46. The highest BCUT2D eigenvalue weighted by atomic mass is 31.2. The minimum atomic E-state index is -4.53. The normalized spacial score (nSPS) is 10.9. The smallest absolute Gasteiger partial charge is 0.462 e. The van der Waals surface area contributed by atoms with Crippen LogP contribution >= 0.6 is 7.82 Å². The van der Waals surface area contributed by atoms with Crippen molar-refractivity contribution in [2.45, 2.75) is 13.3 Å². The molecule has 2 N–H and O–H groups in total. The topological polar surface area (TPSA) is 93.1 Å². The number of hydrogen-bond donors (Lipinski definition) is 2. The highest BCUT2D eigenvalue weighted by Gasteiger charge is 2.15. The van der Waals surface area contributed by atoms with Crippen LogP contribution in [-0.2, 0) is 20.5 Å². The number of carbonyl (C=O) groups excluding carboxylic acids is 1. The van der Waals surface area contributed by atoms with Gasteiger partial charge in [0.1, 0.15) is 5.75 Å². The van der Waals surface area contributed by atoms with Gasteiger partial charge in [0.25, 0.3) is 0 Å². The fourth-order valence-corrected chi connectivity index (χ4v) is 1.64. The Morgan fingerprint density at radius 1 is 1.32 bits per heavy atom. The highest BCUT2D eigenvalue weighted by Crippen LogP contribution is 2.37. The number of phosphoric acid groups is 1. The second-order valence-electron chi connectivity index (χ2n) is 3.89. The van der Waals surface area contributed by atoms with Gasteiger partial charge in [-0.1, -0.05) is 18.7 Å². The van der Waals surface area contributed by atoms with Gasteiger partial charge in [-0.05, 0) is 24.6 Å². The van der Waals surface area contributed by atoms with Crippen LogP contribution in [0.2, 0.25) is 0 Å². The summed E-state index contributed by atoms with van der Waals surface area (Å²) >= 11 is 0. The molecule has 0 atom stereocenters. The van der Waals surface area contributed by atoms with Crippen molar-refractivity contribution in [2.75, 3.05) is 6.61 Å². The lowest BCUT2D eigenvalue weighted by Crippen LogP contribution is -2.07. The summed E-state index contributed by atoms with van der Waals surface area (Å²) in [6.45, 7) is 5.24. The van der Waals surface area contributed by atoms with Crippen molar-refractivity contribution in [2.24, 2.45) is 0 Å². The van der Waals surface area contributed by atoms with E-state index in [1.165, 1.54) is 12.1 Å². The molecule has 0 amide bonds. The van der Waals surface area contributed by atoms with Crippen molar-refractivity contribution in [1.29, 1.82) is 0 Å². The molecular formula is C12H15O6P. The maximum atomic E-state index is 11.1. The van der Waals surface area contributed by atoms with Crippen LogP contribution in [0.5, 0.6) is 5.75 Å². The zero-order valence-corrected chi connectivity index (χ0v) is 11.3. The van der Waals surface area contributed by atoms with Gasteiger partial charge in [-0.25, -0.2) is 9.36 Å². The largest absolute Gasteiger partial charge is 0.524 e. The lowest BCUT2D eigenvalue weighted by Gasteiger charge is -2.08. The summed E-state index contributed by atoms with van der Waals surface area (Å²) in [5.74, 6) is -0.363. The Kier molecular flexibility index (Phi) is 5.30. The first-order valence-corrected chi connectivity index (χ1v) is 6.97. The van der Waals surface area contributed by atoms with Gasteiger partial charge < -0.3 is 9.26 Å². The van der Waals surface area contributed by atoms with Crippen molar-refractivity contribution in [3.8, 4) is 5.75 Å². The predicted octanol–water partition coefficient (Wildman–Crippen LogP) is 1.82. The van der Waals surface area contributed by atoms with E-state index in [0.717, 1.165) is 5.56 Å². The van der Waals surface area contributed by atoms with E-state index in [2.05, 4.69) is 11.1 Å². The molecule has 0 heterocycles. The minimum Gasteiger partial charge on any atom is -0.462 e. The lowest BCUT2D eigenvalue weighted by atomic mass is 10.1. The number of phosphoric ester groups is 1. The predicted molar refractivity (Wildman–Crippen MR) is 68.6 cm³/mol. The Morgan fingerprint density at radius 3 is 2.37 bits per heavy atom. The molecule has 0 spiro atoms. The van der Waals surface area contributed by atoms with Crippen molar-refractivity contribution in [1.82, 2.24) is 0 Å². The SMILES string of the molecule is C=C(C)C(=O)OCCc1ccc(OP(=O)(O)O)cc1. The average molecular weight is 286 g/mol. The molecule has 6 nitrogen and oxygen atoms in total. The van der Waals surface area contributed by atoms with Crippen LogP contribution in [-0.4, -0.2) is 22.4 Å². The summed E-state index contributed by atoms with van der Waals surface area (Å²) in [5, 5.41) is 0. The second-order valence-corrected chi connectivity index (χ2v) is 5.06. The molecule has 0 saturated heterocycles. The summed E-state index contributed by atoms with van der Waals surface area (Å²) in [5.41, 5.74) is 1.19. The third-order valence-electron chi connectivity index (χ3n) is 2.12. The zero-order valence-electron chi connectivity index (χ0n) is 10.4. The van der Waals surface area contributed by atoms with Crippen LogP contribution in [0.3, 0.4) is 0 Å². The van der Waals surface area contributed by atoms with Crippen LogP contribution in [0.1, 0.15) is 12.5 Å². The van der Waals surface area contributed by atoms with E-state index >= 15 is 0 Å². The minimum absolute atomic E-state index is 0.0796. The van der Waals surface area contributed by atoms with Gasteiger partial charge in [-0.15, -0.1) is 0 Å². The Morgan fingerprint density at radius 2 is 1.89 bits per heavy atom. The summed E-state index contributed by atoms with van der Waals surface area (Å²) in [7, 11) is -4.53. The van der Waals surface area contributed by atoms with Gasteiger partial charge in [0.2, 0.25) is 0 Å². The van der Waals surface area contributed by atoms with Gasteiger partial charge in [0.15, 0.2) is 0 Å². The van der Waals surface area contributed by atoms with Crippen molar-refractivity contribution < 1.29 is 28.4 Å². The van der Waals surface area contributed by atoms with Crippen LogP contribution in [0.4, 0.5) is 0 Å². The lowest BCUT2D eigenvalue weighted by molar-refractivity contribution is -0.138. The molecule has 1 aromatic rings. The van der Waals surface area contributed by atoms with E-state index in [4.69, 9.17) is 14.5 Å². The molecule has 0 aromatic heterocycles. The van der Waals surface area contributed by atoms with Crippen molar-refractivity contribution in [3.05, 3.63) is 42.0 Å². The second kappa shape index (κ2) is 6.52. The molecule has 0 aliphatic heterocycles. The van der Waals surface area contributed by atoms with Crippen molar-refractivity contribution >= 4 is 13.8 Å². The molecular weight excluding hydrogens is 271 g/mol. The van der Waals surface area contributed by atoms with Gasteiger partial charge in [-0.2, -0.15) is 0 Å². The number of rotatable bonds is 6. The number of benzene rings is 1. The molecule has 1 aromatic carbocycles. The van der Waals surface area contributed by atoms with E-state index in [9.17, 15) is 9.36 Å². The number of hydrogen-bond acceptors (Lipinski definition) is 4. The fourth-order valence-electron chi connectivity index (χ4n) is 1.24. The quantitative estimate of drug-likeness (QED) is 0.470. The maximum Gasteiger partial charge on any atom is 0.524 e. The number of carbonyl (C=O) groups is 1. The van der Waals surface area contributed by atoms with Gasteiger partial charge in [0.05, 0.1) is 6.61 Å². The summed E-state index contributed by atoms with van der Waals surface area (Å²) in [6, 6.07) is 6.16. The molecule has 1 rings (SSSR count). The molecule has 0 aliphatic rings. The molecule has 0 unspecified atom stereocenters. The first-order valence-electron chi connectivity index (χ1n) is 5.44. The standard InChI is InChI=1S/C12H15O6P/c1-9(2)12(13)17-8-7-10-3-5-11(6-4-10)18-19(14,15)16/h3-6H,1,7-8H2,2H3,(H2,14,15,16). The molecule has 0 saturated carbocycles. The Hall–Kier alpha value is -1.62. The Balaban J connectivity index is 2.47. The zero-order chi connectivity index (χ0) is 14.5. The summed E-state index contributed by atoms with van der Waals surface area (Å²) in [6.07, 6.45) is 0.495. The monoisotopic (exact) mass is 286 g/mol. The van der Waals surface area contributed by atoms with E-state index in [1.54, 1.807) is 19.1 Å². The Labute approximate surface area is 110 Å². The van der Waals surface area contributed by atoms with Crippen LogP contribution in [0.25, 0.3) is 0 Å². The molecule has 0 radical (unpaired) electrons. The molecule has 19 heavy (non-hydrogen) atoms. The summed E-state index contributed by atoms with van der Waals surface area (Å²) in [4.78, 5) is 28.4. The van der Waals surface area contributed by atoms with E-state index in [-0.39, 0.29) is 12.4 Å². The van der Waals surface area contributed by atoms with Gasteiger partial charge in [-0.3, -0.25) is 9.79 Å². The van der Waals surface area contributed by atoms with E-state index < -0.39 is 13.8 Å². The first kappa shape index (κ1) is 15.4. The van der Waals surface area contributed by atoms with Crippen LogP contribution in [0.15, 0.2) is 36.4 Å². The van der Waals surface area contributed by atoms with Crippen molar-refractivity contribution in [3.63, 3.8) is 0 Å². The molecule has 104 valence electrons. The first-order chi connectivity index (χ1) is 8.78. The molecule has 0 aliphatic carbocycles. The van der Waals surface area contributed by atoms with Gasteiger partial charge in [0, 0.05) is 12.0 Å². The maximum absolute atomic E-state index is 11.1. The van der Waals surface area contributed by atoms with Crippen LogP contribution < -0.4 is 4.52 Å². The summed E-state index contributed by atoms with van der Waals surface area (Å²) < 4.78 is 19.9. The Bertz CT molecular complexity index is 501. The third kappa shape index (κ3) is 6.20. The molecule has 0 bridgehead atoms.